The number of hydrogen-bond acceptors (Lipinski definition) is 6. The zero-order valence-corrected chi connectivity index (χ0v) is 22.3. The van der Waals surface area contributed by atoms with Crippen molar-refractivity contribution in [3.8, 4) is 0 Å². The second-order valence-corrected chi connectivity index (χ2v) is 12.0. The Morgan fingerprint density at radius 1 is 0.711 bits per heavy atom. The van der Waals surface area contributed by atoms with Gasteiger partial charge in [0.05, 0.1) is 18.5 Å². The fourth-order valence-electron chi connectivity index (χ4n) is 4.90. The normalized spacial score (nSPS) is 14.2. The number of amides is 2. The van der Waals surface area contributed by atoms with E-state index in [1.54, 1.807) is 13.8 Å². The largest absolute Gasteiger partial charge is 0.464 e. The van der Waals surface area contributed by atoms with E-state index in [2.05, 4.69) is 0 Å². The average molecular weight is 532 g/mol. The molecule has 0 spiro atoms. The molecule has 1 fully saturated rings. The minimum Gasteiger partial charge on any atom is -0.464 e. The first-order valence-electron chi connectivity index (χ1n) is 12.6. The summed E-state index contributed by atoms with van der Waals surface area (Å²) in [5.41, 5.74) is 0. The molecular formula is C30H30NO6P. The van der Waals surface area contributed by atoms with Crippen LogP contribution in [-0.2, 0) is 28.7 Å². The molecule has 196 valence electrons. The fourth-order valence-corrected chi connectivity index (χ4v) is 9.41. The first-order chi connectivity index (χ1) is 18.5. The highest BCUT2D eigenvalue weighted by Gasteiger charge is 2.49. The Balaban J connectivity index is 2.30. The van der Waals surface area contributed by atoms with Crippen LogP contribution in [0.4, 0.5) is 0 Å². The van der Waals surface area contributed by atoms with E-state index < -0.39 is 36.7 Å². The molecule has 2 amide bonds. The van der Waals surface area contributed by atoms with Gasteiger partial charge in [0.1, 0.15) is 0 Å². The lowest BCUT2D eigenvalue weighted by Crippen LogP contribution is -2.55. The summed E-state index contributed by atoms with van der Waals surface area (Å²) >= 11 is 0. The van der Waals surface area contributed by atoms with Crippen LogP contribution >= 0.6 is 6.89 Å². The number of imide groups is 1. The molecule has 1 aliphatic rings. The van der Waals surface area contributed by atoms with Gasteiger partial charge in [0.2, 0.25) is 11.8 Å². The van der Waals surface area contributed by atoms with Crippen molar-refractivity contribution in [1.29, 1.82) is 0 Å². The van der Waals surface area contributed by atoms with Gasteiger partial charge in [-0.25, -0.2) is 9.59 Å². The smallest absolute Gasteiger partial charge is 0.337 e. The maximum absolute atomic E-state index is 14.1. The summed E-state index contributed by atoms with van der Waals surface area (Å²) in [5, 5.41) is 2.35. The van der Waals surface area contributed by atoms with Crippen LogP contribution in [0.15, 0.2) is 91.0 Å². The highest BCUT2D eigenvalue weighted by Crippen LogP contribution is 2.48. The molecule has 7 nitrogen and oxygen atoms in total. The van der Waals surface area contributed by atoms with Crippen LogP contribution in [0.25, 0.3) is 0 Å². The average Bonchev–Trinajstić information content (AvgIpc) is 3.28. The Labute approximate surface area is 222 Å². The molecule has 0 saturated carbocycles. The molecular weight excluding hydrogens is 501 g/mol. The molecule has 3 aromatic carbocycles. The van der Waals surface area contributed by atoms with E-state index in [9.17, 15) is 19.2 Å². The Bertz CT molecular complexity index is 1250. The second-order valence-electron chi connectivity index (χ2n) is 8.60. The number of ether oxygens (including phenoxy) is 2. The maximum atomic E-state index is 14.1. The minimum atomic E-state index is -3.19. The summed E-state index contributed by atoms with van der Waals surface area (Å²) < 4.78 is 11.0. The molecule has 0 aromatic heterocycles. The number of carbonyl (C=O) groups is 4. The van der Waals surface area contributed by atoms with Gasteiger partial charge in [-0.05, 0) is 36.6 Å². The highest BCUT2D eigenvalue weighted by atomic mass is 31.2. The quantitative estimate of drug-likeness (QED) is 0.240. The second kappa shape index (κ2) is 12.1. The van der Waals surface area contributed by atoms with Crippen molar-refractivity contribution in [2.75, 3.05) is 13.2 Å². The minimum absolute atomic E-state index is 0.00904. The van der Waals surface area contributed by atoms with Crippen molar-refractivity contribution < 1.29 is 28.7 Å². The van der Waals surface area contributed by atoms with Crippen molar-refractivity contribution in [1.82, 2.24) is 4.90 Å². The SMILES string of the molecule is CCOC(=O)C(C(C(=O)OCC)N1C(=O)CCC1=O)=P(c1ccccc1)(c1ccccc1)c1ccccc1. The summed E-state index contributed by atoms with van der Waals surface area (Å²) in [6.45, 7) is 0.170. The Hall–Kier alpha value is -3.96. The lowest BCUT2D eigenvalue weighted by molar-refractivity contribution is -0.155. The molecule has 1 saturated heterocycles. The molecule has 4 rings (SSSR count). The van der Waals surface area contributed by atoms with Crippen molar-refractivity contribution in [2.24, 2.45) is 0 Å². The summed E-state index contributed by atoms with van der Waals surface area (Å²) in [6, 6.07) is 26.7. The zero-order chi connectivity index (χ0) is 27.1. The molecule has 8 heteroatoms. The van der Waals surface area contributed by atoms with E-state index in [0.717, 1.165) is 20.8 Å². The molecule has 0 radical (unpaired) electrons. The Kier molecular flexibility index (Phi) is 8.59. The number of benzene rings is 3. The zero-order valence-electron chi connectivity index (χ0n) is 21.4. The van der Waals surface area contributed by atoms with E-state index in [1.807, 2.05) is 91.0 Å². The fraction of sp³-hybridized carbons (Fsp3) is 0.233. The first kappa shape index (κ1) is 27.1. The van der Waals surface area contributed by atoms with Gasteiger partial charge in [-0.2, -0.15) is 0 Å². The third-order valence-electron chi connectivity index (χ3n) is 6.39. The first-order valence-corrected chi connectivity index (χ1v) is 14.4. The van der Waals surface area contributed by atoms with E-state index in [-0.39, 0.29) is 31.3 Å². The summed E-state index contributed by atoms with van der Waals surface area (Å²) in [6.07, 6.45) is -0.0867. The van der Waals surface area contributed by atoms with Crippen LogP contribution in [-0.4, -0.2) is 53.2 Å². The summed E-state index contributed by atoms with van der Waals surface area (Å²) in [4.78, 5) is 55.0. The Morgan fingerprint density at radius 2 is 1.11 bits per heavy atom. The molecule has 38 heavy (non-hydrogen) atoms. The third-order valence-corrected chi connectivity index (χ3v) is 10.8. The van der Waals surface area contributed by atoms with Crippen LogP contribution in [0.1, 0.15) is 26.7 Å². The van der Waals surface area contributed by atoms with Gasteiger partial charge in [-0.1, -0.05) is 91.0 Å². The molecule has 0 bridgehead atoms. The van der Waals surface area contributed by atoms with Crippen LogP contribution in [0.5, 0.6) is 0 Å². The molecule has 1 unspecified atom stereocenters. The molecule has 1 atom stereocenters. The van der Waals surface area contributed by atoms with Crippen LogP contribution in [0.2, 0.25) is 0 Å². The Morgan fingerprint density at radius 3 is 1.47 bits per heavy atom. The van der Waals surface area contributed by atoms with Gasteiger partial charge in [-0.15, -0.1) is 0 Å². The monoisotopic (exact) mass is 531 g/mol. The summed E-state index contributed by atoms with van der Waals surface area (Å²) in [5.74, 6) is -2.64. The standard InChI is InChI=1S/C30H30NO6P/c1-3-36-29(34)27(31-25(32)20-21-26(31)33)28(30(35)37-4-2)38(22-14-8-5-9-15-22,23-16-10-6-11-17-23)24-18-12-7-13-19-24/h5-19,27H,3-4,20-21H2,1-2H3. The predicted molar refractivity (Wildman–Crippen MR) is 148 cm³/mol. The molecule has 1 aliphatic heterocycles. The van der Waals surface area contributed by atoms with Crippen LogP contribution < -0.4 is 15.9 Å². The number of carbonyl (C=O) groups excluding carboxylic acids is 4. The van der Waals surface area contributed by atoms with Gasteiger partial charge < -0.3 is 9.47 Å². The lowest BCUT2D eigenvalue weighted by atomic mass is 10.1. The van der Waals surface area contributed by atoms with Crippen molar-refractivity contribution in [3.05, 3.63) is 91.0 Å². The highest BCUT2D eigenvalue weighted by molar-refractivity contribution is 7.96. The molecule has 3 aromatic rings. The molecule has 0 N–H and O–H groups in total. The van der Waals surface area contributed by atoms with Gasteiger partial charge in [-0.3, -0.25) is 14.5 Å². The molecule has 0 aliphatic carbocycles. The van der Waals surface area contributed by atoms with Crippen LogP contribution in [0, 0.1) is 0 Å². The predicted octanol–water partition coefficient (Wildman–Crippen LogP) is 2.80. The maximum Gasteiger partial charge on any atom is 0.337 e. The van der Waals surface area contributed by atoms with Gasteiger partial charge in [0.15, 0.2) is 6.04 Å². The molecule has 1 heterocycles. The van der Waals surface area contributed by atoms with Gasteiger partial charge >= 0.3 is 11.9 Å². The lowest BCUT2D eigenvalue weighted by Gasteiger charge is -2.36. The topological polar surface area (TPSA) is 90.0 Å². The van der Waals surface area contributed by atoms with Gasteiger partial charge in [0.25, 0.3) is 0 Å². The van der Waals surface area contributed by atoms with E-state index in [0.29, 0.717) is 0 Å². The number of nitrogens with zero attached hydrogens (tertiary/aromatic N) is 1. The summed E-state index contributed by atoms with van der Waals surface area (Å²) in [7, 11) is 0. The van der Waals surface area contributed by atoms with Crippen molar-refractivity contribution in [3.63, 3.8) is 0 Å². The van der Waals surface area contributed by atoms with Crippen molar-refractivity contribution >= 4 is 51.8 Å². The third kappa shape index (κ3) is 4.94. The van der Waals surface area contributed by atoms with E-state index in [1.165, 1.54) is 0 Å². The van der Waals surface area contributed by atoms with Crippen LogP contribution in [0.3, 0.4) is 0 Å². The van der Waals surface area contributed by atoms with E-state index >= 15 is 0 Å². The number of likely N-dealkylation sites (tertiary alicyclic amines) is 1. The van der Waals surface area contributed by atoms with E-state index in [4.69, 9.17) is 9.47 Å². The van der Waals surface area contributed by atoms with Gasteiger partial charge in [0, 0.05) is 12.8 Å². The number of rotatable bonds is 9. The number of esters is 2. The number of hydrogen-bond donors (Lipinski definition) is 0. The van der Waals surface area contributed by atoms with Crippen molar-refractivity contribution in [2.45, 2.75) is 32.7 Å².